The van der Waals surface area contributed by atoms with Crippen LogP contribution in [0.5, 0.6) is 5.75 Å². The van der Waals surface area contributed by atoms with Crippen molar-refractivity contribution in [2.24, 2.45) is 0 Å². The molecule has 0 aliphatic carbocycles. The van der Waals surface area contributed by atoms with Crippen LogP contribution >= 0.6 is 0 Å². The first-order valence-electron chi connectivity index (χ1n) is 15.4. The van der Waals surface area contributed by atoms with Crippen molar-refractivity contribution >= 4 is 27.5 Å². The van der Waals surface area contributed by atoms with Crippen LogP contribution in [0, 0.1) is 11.6 Å². The Labute approximate surface area is 278 Å². The maximum absolute atomic E-state index is 13.9. The van der Waals surface area contributed by atoms with Crippen LogP contribution in [0.25, 0.3) is 0 Å². The van der Waals surface area contributed by atoms with Crippen LogP contribution in [-0.4, -0.2) is 76.0 Å². The standard InChI is InChI=1S/C35H36F2N4O6S/c36-28-8-6-26(7-9-28)24-41(34(27-4-2-1-3-5-27)35(43)38-18-19-40-20-22-46-23-21-40)33(42)25-47-31-14-16-32(17-15-31)48(44,45)39-30-12-10-29(37)11-13-30/h1-17,34,39H,18-25H2,(H,38,43)/t34-/m0/s1. The van der Waals surface area contributed by atoms with Gasteiger partial charge in [-0.05, 0) is 71.8 Å². The van der Waals surface area contributed by atoms with Crippen molar-refractivity contribution in [2.75, 3.05) is 50.7 Å². The molecule has 0 spiro atoms. The predicted molar refractivity (Wildman–Crippen MR) is 176 cm³/mol. The summed E-state index contributed by atoms with van der Waals surface area (Å²) in [7, 11) is -3.98. The first-order chi connectivity index (χ1) is 23.2. The van der Waals surface area contributed by atoms with Crippen LogP contribution in [0.4, 0.5) is 14.5 Å². The minimum atomic E-state index is -3.98. The molecule has 252 valence electrons. The van der Waals surface area contributed by atoms with Gasteiger partial charge in [-0.1, -0.05) is 42.5 Å². The Kier molecular flexibility index (Phi) is 11.7. The molecule has 10 nitrogen and oxygen atoms in total. The highest BCUT2D eigenvalue weighted by atomic mass is 32.2. The van der Waals surface area contributed by atoms with E-state index in [0.717, 1.165) is 25.2 Å². The molecule has 0 radical (unpaired) electrons. The lowest BCUT2D eigenvalue weighted by molar-refractivity contribution is -0.143. The second-order valence-corrected chi connectivity index (χ2v) is 12.8. The molecule has 1 saturated heterocycles. The number of hydrogen-bond acceptors (Lipinski definition) is 7. The average Bonchev–Trinajstić information content (AvgIpc) is 3.10. The van der Waals surface area contributed by atoms with Gasteiger partial charge in [0.2, 0.25) is 5.91 Å². The van der Waals surface area contributed by atoms with E-state index in [4.69, 9.17) is 9.47 Å². The average molecular weight is 679 g/mol. The number of hydrogen-bond donors (Lipinski definition) is 2. The van der Waals surface area contributed by atoms with Crippen LogP contribution in [0.3, 0.4) is 0 Å². The van der Waals surface area contributed by atoms with Crippen molar-refractivity contribution in [2.45, 2.75) is 17.5 Å². The smallest absolute Gasteiger partial charge is 0.261 e. The third-order valence-corrected chi connectivity index (χ3v) is 9.08. The highest BCUT2D eigenvalue weighted by molar-refractivity contribution is 7.92. The molecule has 0 aromatic heterocycles. The molecule has 0 saturated carbocycles. The molecule has 48 heavy (non-hydrogen) atoms. The molecular formula is C35H36F2N4O6S. The Bertz CT molecular complexity index is 1750. The number of morpholine rings is 1. The number of benzene rings is 4. The van der Waals surface area contributed by atoms with Crippen LogP contribution in [-0.2, 0) is 30.9 Å². The molecule has 1 atom stereocenters. The fourth-order valence-corrected chi connectivity index (χ4v) is 6.21. The van der Waals surface area contributed by atoms with Gasteiger partial charge in [-0.2, -0.15) is 0 Å². The summed E-state index contributed by atoms with van der Waals surface area (Å²) in [4.78, 5) is 31.2. The lowest BCUT2D eigenvalue weighted by Gasteiger charge is -2.32. The quantitative estimate of drug-likeness (QED) is 0.204. The number of nitrogens with zero attached hydrogens (tertiary/aromatic N) is 2. The van der Waals surface area contributed by atoms with Gasteiger partial charge in [0.1, 0.15) is 23.4 Å². The fraction of sp³-hybridized carbons (Fsp3) is 0.257. The van der Waals surface area contributed by atoms with Gasteiger partial charge in [0.05, 0.1) is 18.1 Å². The first kappa shape index (κ1) is 34.5. The molecule has 1 aliphatic rings. The van der Waals surface area contributed by atoms with Gasteiger partial charge < -0.3 is 19.7 Å². The van der Waals surface area contributed by atoms with E-state index in [9.17, 15) is 26.8 Å². The number of amides is 2. The molecule has 13 heteroatoms. The van der Waals surface area contributed by atoms with Crippen molar-refractivity contribution in [3.8, 4) is 5.75 Å². The number of sulfonamides is 1. The van der Waals surface area contributed by atoms with E-state index < -0.39 is 40.2 Å². The normalized spacial score (nSPS) is 14.1. The van der Waals surface area contributed by atoms with Gasteiger partial charge in [0.25, 0.3) is 15.9 Å². The topological polar surface area (TPSA) is 117 Å². The molecule has 1 fully saturated rings. The van der Waals surface area contributed by atoms with E-state index in [0.29, 0.717) is 37.4 Å². The van der Waals surface area contributed by atoms with E-state index in [1.165, 1.54) is 53.4 Å². The van der Waals surface area contributed by atoms with Crippen LogP contribution in [0.15, 0.2) is 108 Å². The molecule has 4 aromatic carbocycles. The van der Waals surface area contributed by atoms with Gasteiger partial charge in [-0.3, -0.25) is 19.2 Å². The lowest BCUT2D eigenvalue weighted by Crippen LogP contribution is -2.47. The van der Waals surface area contributed by atoms with Crippen molar-refractivity contribution in [3.05, 3.63) is 126 Å². The lowest BCUT2D eigenvalue weighted by atomic mass is 10.0. The second-order valence-electron chi connectivity index (χ2n) is 11.1. The van der Waals surface area contributed by atoms with Crippen molar-refractivity contribution in [3.63, 3.8) is 0 Å². The third kappa shape index (κ3) is 9.59. The summed E-state index contributed by atoms with van der Waals surface area (Å²) in [6, 6.07) is 23.9. The zero-order chi connectivity index (χ0) is 33.9. The van der Waals surface area contributed by atoms with E-state index in [1.54, 1.807) is 36.4 Å². The molecule has 2 N–H and O–H groups in total. The van der Waals surface area contributed by atoms with E-state index in [1.807, 2.05) is 6.07 Å². The second kappa shape index (κ2) is 16.3. The fourth-order valence-electron chi connectivity index (χ4n) is 5.15. The monoisotopic (exact) mass is 678 g/mol. The molecule has 1 aliphatic heterocycles. The van der Waals surface area contributed by atoms with Gasteiger partial charge in [0, 0.05) is 38.4 Å². The summed E-state index contributed by atoms with van der Waals surface area (Å²) in [6.07, 6.45) is 0. The van der Waals surface area contributed by atoms with Gasteiger partial charge in [0.15, 0.2) is 6.61 Å². The molecule has 0 bridgehead atoms. The Balaban J connectivity index is 1.31. The maximum Gasteiger partial charge on any atom is 0.261 e. The highest BCUT2D eigenvalue weighted by Crippen LogP contribution is 2.25. The maximum atomic E-state index is 13.9. The predicted octanol–water partition coefficient (Wildman–Crippen LogP) is 4.36. The minimum absolute atomic E-state index is 0.00878. The number of rotatable bonds is 14. The van der Waals surface area contributed by atoms with Gasteiger partial charge in [-0.15, -0.1) is 0 Å². The van der Waals surface area contributed by atoms with Crippen LogP contribution in [0.1, 0.15) is 17.2 Å². The van der Waals surface area contributed by atoms with E-state index >= 15 is 0 Å². The van der Waals surface area contributed by atoms with E-state index in [2.05, 4.69) is 14.9 Å². The number of carbonyl (C=O) groups is 2. The Morgan fingerprint density at radius 2 is 1.48 bits per heavy atom. The number of carbonyl (C=O) groups excluding carboxylic acids is 2. The zero-order valence-corrected chi connectivity index (χ0v) is 26.9. The summed E-state index contributed by atoms with van der Waals surface area (Å²) < 4.78 is 66.1. The van der Waals surface area contributed by atoms with E-state index in [-0.39, 0.29) is 28.8 Å². The summed E-state index contributed by atoms with van der Waals surface area (Å²) in [5.41, 5.74) is 1.39. The van der Waals surface area contributed by atoms with Crippen LogP contribution in [0.2, 0.25) is 0 Å². The SMILES string of the molecule is O=C(NCCN1CCOCC1)[C@H](c1ccccc1)N(Cc1ccc(F)cc1)C(=O)COc1ccc(S(=O)(=O)Nc2ccc(F)cc2)cc1. The molecule has 0 unspecified atom stereocenters. The number of ether oxygens (including phenoxy) is 2. The highest BCUT2D eigenvalue weighted by Gasteiger charge is 2.32. The first-order valence-corrected chi connectivity index (χ1v) is 16.8. The summed E-state index contributed by atoms with van der Waals surface area (Å²) in [5.74, 6) is -1.61. The van der Waals surface area contributed by atoms with Crippen molar-refractivity contribution in [1.29, 1.82) is 0 Å². The van der Waals surface area contributed by atoms with Gasteiger partial charge >= 0.3 is 0 Å². The number of nitrogens with one attached hydrogen (secondary N) is 2. The molecule has 5 rings (SSSR count). The summed E-state index contributed by atoms with van der Waals surface area (Å²) in [6.45, 7) is 3.30. The van der Waals surface area contributed by atoms with Crippen molar-refractivity contribution in [1.82, 2.24) is 15.1 Å². The largest absolute Gasteiger partial charge is 0.484 e. The molecular weight excluding hydrogens is 642 g/mol. The number of anilines is 1. The third-order valence-electron chi connectivity index (χ3n) is 7.69. The number of halogens is 2. The molecule has 2 amide bonds. The Hall–Kier alpha value is -4.85. The Morgan fingerprint density at radius 1 is 0.854 bits per heavy atom. The molecule has 1 heterocycles. The molecule has 4 aromatic rings. The zero-order valence-electron chi connectivity index (χ0n) is 26.1. The van der Waals surface area contributed by atoms with Gasteiger partial charge in [-0.25, -0.2) is 17.2 Å². The van der Waals surface area contributed by atoms with Crippen molar-refractivity contribution < 1.29 is 36.3 Å². The Morgan fingerprint density at radius 3 is 2.12 bits per heavy atom. The summed E-state index contributed by atoms with van der Waals surface area (Å²) in [5, 5.41) is 2.98. The van der Waals surface area contributed by atoms with Crippen LogP contribution < -0.4 is 14.8 Å². The minimum Gasteiger partial charge on any atom is -0.484 e. The summed E-state index contributed by atoms with van der Waals surface area (Å²) >= 11 is 0.